The summed E-state index contributed by atoms with van der Waals surface area (Å²) < 4.78 is 1.47. The van der Waals surface area contributed by atoms with Gasteiger partial charge in [-0.25, -0.2) is 4.98 Å². The van der Waals surface area contributed by atoms with Crippen LogP contribution < -0.4 is 4.84 Å². The summed E-state index contributed by atoms with van der Waals surface area (Å²) >= 11 is 18.2. The molecule has 3 aromatic carbocycles. The van der Waals surface area contributed by atoms with Gasteiger partial charge >= 0.3 is 0 Å². The second kappa shape index (κ2) is 7.91. The van der Waals surface area contributed by atoms with Gasteiger partial charge in [0.25, 0.3) is 5.69 Å². The third kappa shape index (κ3) is 4.00. The van der Waals surface area contributed by atoms with Gasteiger partial charge in [0.15, 0.2) is 5.82 Å². The van der Waals surface area contributed by atoms with Crippen LogP contribution in [0.3, 0.4) is 0 Å². The highest BCUT2D eigenvalue weighted by Gasteiger charge is 2.18. The highest BCUT2D eigenvalue weighted by atomic mass is 35.5. The van der Waals surface area contributed by atoms with Gasteiger partial charge in [0.1, 0.15) is 12.1 Å². The largest absolute Gasteiger partial charge is 0.407 e. The standard InChI is InChI=1S/C20H12Cl3N3O3/c21-14-4-1-12(2-5-14)20-24-18-8-7-16(26(27)28)10-19(18)25(20)29-11-13-3-6-15(22)9-17(13)23/h1-10H,11H2. The summed E-state index contributed by atoms with van der Waals surface area (Å²) in [6.07, 6.45) is 0. The number of aromatic nitrogens is 2. The molecule has 0 aliphatic heterocycles. The van der Waals surface area contributed by atoms with Crippen molar-refractivity contribution in [1.29, 1.82) is 0 Å². The Hall–Kier alpha value is -2.80. The molecular weight excluding hydrogens is 437 g/mol. The van der Waals surface area contributed by atoms with E-state index in [1.807, 2.05) is 0 Å². The lowest BCUT2D eigenvalue weighted by Crippen LogP contribution is -2.13. The molecule has 0 radical (unpaired) electrons. The third-order valence-corrected chi connectivity index (χ3v) is 5.11. The molecule has 0 N–H and O–H groups in total. The number of non-ortho nitro benzene ring substituents is 1. The van der Waals surface area contributed by atoms with Crippen LogP contribution >= 0.6 is 34.8 Å². The van der Waals surface area contributed by atoms with Gasteiger partial charge in [0.2, 0.25) is 0 Å². The summed E-state index contributed by atoms with van der Waals surface area (Å²) in [6.45, 7) is 0.116. The molecule has 0 atom stereocenters. The maximum Gasteiger partial charge on any atom is 0.271 e. The van der Waals surface area contributed by atoms with E-state index in [2.05, 4.69) is 4.98 Å². The lowest BCUT2D eigenvalue weighted by molar-refractivity contribution is -0.384. The van der Waals surface area contributed by atoms with Crippen molar-refractivity contribution in [1.82, 2.24) is 9.71 Å². The molecule has 4 aromatic rings. The van der Waals surface area contributed by atoms with E-state index in [1.165, 1.54) is 16.9 Å². The Morgan fingerprint density at radius 3 is 2.38 bits per heavy atom. The van der Waals surface area contributed by atoms with Crippen LogP contribution in [0.1, 0.15) is 5.56 Å². The molecule has 1 aromatic heterocycles. The van der Waals surface area contributed by atoms with Crippen molar-refractivity contribution < 1.29 is 9.76 Å². The smallest absolute Gasteiger partial charge is 0.271 e. The molecule has 1 heterocycles. The molecule has 0 amide bonds. The first-order chi connectivity index (χ1) is 13.9. The van der Waals surface area contributed by atoms with Crippen molar-refractivity contribution in [2.75, 3.05) is 0 Å². The Bertz CT molecular complexity index is 1220. The van der Waals surface area contributed by atoms with Gasteiger partial charge in [-0.3, -0.25) is 10.1 Å². The maximum absolute atomic E-state index is 11.2. The van der Waals surface area contributed by atoms with Crippen LogP contribution in [0.4, 0.5) is 5.69 Å². The number of hydrogen-bond acceptors (Lipinski definition) is 4. The van der Waals surface area contributed by atoms with Crippen LogP contribution in [0.2, 0.25) is 15.1 Å². The second-order valence-corrected chi connectivity index (χ2v) is 7.46. The van der Waals surface area contributed by atoms with E-state index in [-0.39, 0.29) is 12.3 Å². The molecule has 146 valence electrons. The van der Waals surface area contributed by atoms with Crippen molar-refractivity contribution in [3.05, 3.63) is 91.4 Å². The van der Waals surface area contributed by atoms with E-state index in [4.69, 9.17) is 39.6 Å². The number of nitro groups is 1. The van der Waals surface area contributed by atoms with Gasteiger partial charge in [0, 0.05) is 38.3 Å². The topological polar surface area (TPSA) is 70.2 Å². The molecule has 0 unspecified atom stereocenters. The van der Waals surface area contributed by atoms with E-state index >= 15 is 0 Å². The highest BCUT2D eigenvalue weighted by Crippen LogP contribution is 2.28. The average molecular weight is 449 g/mol. The number of halogens is 3. The lowest BCUT2D eigenvalue weighted by atomic mass is 10.2. The first kappa shape index (κ1) is 19.5. The minimum absolute atomic E-state index is 0.0607. The zero-order chi connectivity index (χ0) is 20.5. The number of fused-ring (bicyclic) bond motifs is 1. The number of hydrogen-bond donors (Lipinski definition) is 0. The Morgan fingerprint density at radius 2 is 1.69 bits per heavy atom. The minimum atomic E-state index is -0.463. The summed E-state index contributed by atoms with van der Waals surface area (Å²) in [5.41, 5.74) is 2.42. The molecule has 0 saturated heterocycles. The molecule has 0 aliphatic carbocycles. The quantitative estimate of drug-likeness (QED) is 0.269. The van der Waals surface area contributed by atoms with Gasteiger partial charge in [-0.05, 0) is 42.5 Å². The van der Waals surface area contributed by atoms with Crippen molar-refractivity contribution in [3.8, 4) is 11.4 Å². The van der Waals surface area contributed by atoms with Crippen LogP contribution in [-0.2, 0) is 6.61 Å². The molecule has 0 fully saturated rings. The zero-order valence-electron chi connectivity index (χ0n) is 14.7. The predicted molar refractivity (Wildman–Crippen MR) is 114 cm³/mol. The summed E-state index contributed by atoms with van der Waals surface area (Å²) in [5.74, 6) is 0.488. The van der Waals surface area contributed by atoms with Crippen molar-refractivity contribution in [2.45, 2.75) is 6.61 Å². The molecule has 0 aliphatic rings. The predicted octanol–water partition coefficient (Wildman–Crippen LogP) is 6.20. The molecule has 29 heavy (non-hydrogen) atoms. The lowest BCUT2D eigenvalue weighted by Gasteiger charge is -2.12. The summed E-state index contributed by atoms with van der Waals surface area (Å²) in [6, 6.07) is 16.6. The fourth-order valence-corrected chi connectivity index (χ4v) is 3.43. The number of benzene rings is 3. The van der Waals surface area contributed by atoms with Crippen molar-refractivity contribution in [3.63, 3.8) is 0 Å². The Labute approximate surface area is 180 Å². The number of nitrogens with zero attached hydrogens (tertiary/aromatic N) is 3. The number of nitro benzene ring substituents is 1. The molecule has 6 nitrogen and oxygen atoms in total. The molecule has 0 spiro atoms. The molecule has 4 rings (SSSR count). The van der Waals surface area contributed by atoms with E-state index in [0.29, 0.717) is 37.5 Å². The van der Waals surface area contributed by atoms with E-state index in [0.717, 1.165) is 5.56 Å². The maximum atomic E-state index is 11.2. The second-order valence-electron chi connectivity index (χ2n) is 6.18. The monoisotopic (exact) mass is 447 g/mol. The minimum Gasteiger partial charge on any atom is -0.407 e. The van der Waals surface area contributed by atoms with Gasteiger partial charge in [0.05, 0.1) is 10.4 Å². The van der Waals surface area contributed by atoms with E-state index < -0.39 is 4.92 Å². The van der Waals surface area contributed by atoms with E-state index in [1.54, 1.807) is 48.5 Å². The molecular formula is C20H12Cl3N3O3. The van der Waals surface area contributed by atoms with Crippen LogP contribution in [0.5, 0.6) is 0 Å². The van der Waals surface area contributed by atoms with Crippen LogP contribution in [0, 0.1) is 10.1 Å². The average Bonchev–Trinajstić information content (AvgIpc) is 3.05. The zero-order valence-corrected chi connectivity index (χ0v) is 16.9. The Morgan fingerprint density at radius 1 is 0.966 bits per heavy atom. The molecule has 0 saturated carbocycles. The number of imidazole rings is 1. The first-order valence-electron chi connectivity index (χ1n) is 8.42. The molecule has 0 bridgehead atoms. The summed E-state index contributed by atoms with van der Waals surface area (Å²) in [5, 5.41) is 12.8. The summed E-state index contributed by atoms with van der Waals surface area (Å²) in [7, 11) is 0. The third-order valence-electron chi connectivity index (χ3n) is 4.27. The van der Waals surface area contributed by atoms with Gasteiger partial charge in [-0.2, -0.15) is 4.73 Å². The fraction of sp³-hybridized carbons (Fsp3) is 0.0500. The van der Waals surface area contributed by atoms with Gasteiger partial charge < -0.3 is 4.84 Å². The van der Waals surface area contributed by atoms with Gasteiger partial charge in [-0.1, -0.05) is 40.9 Å². The van der Waals surface area contributed by atoms with Crippen LogP contribution in [0.25, 0.3) is 22.4 Å². The number of rotatable bonds is 5. The van der Waals surface area contributed by atoms with Crippen molar-refractivity contribution in [2.24, 2.45) is 0 Å². The SMILES string of the molecule is O=[N+]([O-])c1ccc2nc(-c3ccc(Cl)cc3)n(OCc3ccc(Cl)cc3Cl)c2c1. The Balaban J connectivity index is 1.81. The van der Waals surface area contributed by atoms with Crippen LogP contribution in [0.15, 0.2) is 60.7 Å². The van der Waals surface area contributed by atoms with Gasteiger partial charge in [-0.15, -0.1) is 0 Å². The van der Waals surface area contributed by atoms with Crippen molar-refractivity contribution >= 4 is 51.5 Å². The summed E-state index contributed by atoms with van der Waals surface area (Å²) in [4.78, 5) is 21.3. The highest BCUT2D eigenvalue weighted by molar-refractivity contribution is 6.35. The molecule has 9 heteroatoms. The fourth-order valence-electron chi connectivity index (χ4n) is 2.84. The van der Waals surface area contributed by atoms with Crippen LogP contribution in [-0.4, -0.2) is 14.6 Å². The normalized spacial score (nSPS) is 11.0. The first-order valence-corrected chi connectivity index (χ1v) is 9.56. The van der Waals surface area contributed by atoms with E-state index in [9.17, 15) is 10.1 Å². The Kier molecular flexibility index (Phi) is 5.32.